The number of thiophene rings is 1. The second kappa shape index (κ2) is 5.80. The van der Waals surface area contributed by atoms with Crippen LogP contribution in [-0.4, -0.2) is 26.7 Å². The predicted molar refractivity (Wildman–Crippen MR) is 77.7 cm³/mol. The Bertz CT molecular complexity index is 624. The van der Waals surface area contributed by atoms with Crippen LogP contribution >= 0.6 is 27.3 Å². The lowest BCUT2D eigenvalue weighted by atomic mass is 10.3. The molecule has 21 heavy (non-hydrogen) atoms. The van der Waals surface area contributed by atoms with Gasteiger partial charge in [0.05, 0.1) is 3.79 Å². The Balaban J connectivity index is 2.23. The molecule has 10 heteroatoms. The van der Waals surface area contributed by atoms with Gasteiger partial charge in [-0.2, -0.15) is 17.9 Å². The lowest BCUT2D eigenvalue weighted by Gasteiger charge is -2.20. The molecule has 2 N–H and O–H groups in total. The first-order valence-electron chi connectivity index (χ1n) is 6.21. The van der Waals surface area contributed by atoms with Crippen molar-refractivity contribution in [3.63, 3.8) is 0 Å². The van der Waals surface area contributed by atoms with E-state index in [9.17, 15) is 21.6 Å². The molecule has 0 atom stereocenters. The topological polar surface area (TPSA) is 58.2 Å². The molecule has 1 fully saturated rings. The Kier molecular flexibility index (Phi) is 4.75. The van der Waals surface area contributed by atoms with Crippen molar-refractivity contribution in [2.75, 3.05) is 6.54 Å². The summed E-state index contributed by atoms with van der Waals surface area (Å²) in [6.07, 6.45) is -5.02. The van der Waals surface area contributed by atoms with Crippen molar-refractivity contribution in [2.45, 2.75) is 42.9 Å². The SMILES string of the molecule is CCNCc1cc(S(=O)(=O)NC2(C(F)(F)F)CC2)c(Br)s1. The van der Waals surface area contributed by atoms with E-state index in [2.05, 4.69) is 21.2 Å². The smallest absolute Gasteiger partial charge is 0.312 e. The Morgan fingerprint density at radius 2 is 2.05 bits per heavy atom. The Morgan fingerprint density at radius 3 is 2.52 bits per heavy atom. The van der Waals surface area contributed by atoms with E-state index in [1.54, 1.807) is 0 Å². The van der Waals surface area contributed by atoms with Gasteiger partial charge in [0.2, 0.25) is 10.0 Å². The average molecular weight is 407 g/mol. The van der Waals surface area contributed by atoms with E-state index >= 15 is 0 Å². The number of alkyl halides is 3. The molecule has 0 radical (unpaired) electrons. The highest BCUT2D eigenvalue weighted by Crippen LogP contribution is 2.50. The van der Waals surface area contributed by atoms with Crippen molar-refractivity contribution in [2.24, 2.45) is 0 Å². The standard InChI is InChI=1S/C11H14BrF3N2O2S2/c1-2-16-6-7-5-8(9(12)20-7)21(18,19)17-10(3-4-10)11(13,14)15/h5,16-17H,2-4,6H2,1H3. The maximum atomic E-state index is 12.9. The van der Waals surface area contributed by atoms with Crippen LogP contribution in [0.25, 0.3) is 0 Å². The second-order valence-corrected chi connectivity index (χ2v) is 8.92. The van der Waals surface area contributed by atoms with E-state index in [-0.39, 0.29) is 17.7 Å². The van der Waals surface area contributed by atoms with Gasteiger partial charge in [-0.15, -0.1) is 11.3 Å². The van der Waals surface area contributed by atoms with Crippen LogP contribution in [0.5, 0.6) is 0 Å². The van der Waals surface area contributed by atoms with Crippen molar-refractivity contribution in [3.05, 3.63) is 14.7 Å². The molecular weight excluding hydrogens is 393 g/mol. The van der Waals surface area contributed by atoms with Gasteiger partial charge >= 0.3 is 6.18 Å². The number of sulfonamides is 1. The van der Waals surface area contributed by atoms with E-state index in [1.807, 2.05) is 11.6 Å². The molecule has 120 valence electrons. The molecule has 1 aliphatic carbocycles. The van der Waals surface area contributed by atoms with E-state index in [4.69, 9.17) is 0 Å². The van der Waals surface area contributed by atoms with Gasteiger partial charge in [-0.3, -0.25) is 0 Å². The summed E-state index contributed by atoms with van der Waals surface area (Å²) in [6, 6.07) is 1.40. The summed E-state index contributed by atoms with van der Waals surface area (Å²) in [5.41, 5.74) is -2.30. The summed E-state index contributed by atoms with van der Waals surface area (Å²) >= 11 is 4.30. The normalized spacial score (nSPS) is 18.0. The first kappa shape index (κ1) is 17.2. The first-order valence-corrected chi connectivity index (χ1v) is 9.30. The molecule has 0 aromatic carbocycles. The fourth-order valence-electron chi connectivity index (χ4n) is 1.80. The van der Waals surface area contributed by atoms with Crippen LogP contribution in [0, 0.1) is 0 Å². The molecule has 0 bridgehead atoms. The third-order valence-electron chi connectivity index (χ3n) is 3.17. The number of hydrogen-bond acceptors (Lipinski definition) is 4. The van der Waals surface area contributed by atoms with Gasteiger partial charge in [0.25, 0.3) is 0 Å². The summed E-state index contributed by atoms with van der Waals surface area (Å²) in [5.74, 6) is 0. The summed E-state index contributed by atoms with van der Waals surface area (Å²) in [7, 11) is -4.21. The molecule has 0 unspecified atom stereocenters. The van der Waals surface area contributed by atoms with Crippen molar-refractivity contribution >= 4 is 37.3 Å². The fourth-order valence-corrected chi connectivity index (χ4v) is 5.90. The van der Waals surface area contributed by atoms with E-state index in [0.717, 1.165) is 4.88 Å². The molecule has 2 rings (SSSR count). The first-order chi connectivity index (χ1) is 9.61. The van der Waals surface area contributed by atoms with E-state index in [0.29, 0.717) is 16.9 Å². The van der Waals surface area contributed by atoms with E-state index < -0.39 is 21.7 Å². The van der Waals surface area contributed by atoms with Gasteiger partial charge in [0.15, 0.2) is 0 Å². The highest BCUT2D eigenvalue weighted by Gasteiger charge is 2.65. The van der Waals surface area contributed by atoms with Crippen molar-refractivity contribution in [1.82, 2.24) is 10.0 Å². The van der Waals surface area contributed by atoms with Crippen molar-refractivity contribution in [1.29, 1.82) is 0 Å². The molecule has 0 aliphatic heterocycles. The average Bonchev–Trinajstić information content (AvgIpc) is 3.02. The fraction of sp³-hybridized carbons (Fsp3) is 0.636. The molecular formula is C11H14BrF3N2O2S2. The number of halogens is 4. The third-order valence-corrected chi connectivity index (χ3v) is 6.96. The van der Waals surface area contributed by atoms with Crippen LogP contribution in [-0.2, 0) is 16.6 Å². The molecule has 1 saturated carbocycles. The van der Waals surface area contributed by atoms with Crippen LogP contribution in [0.2, 0.25) is 0 Å². The largest absolute Gasteiger partial charge is 0.407 e. The number of rotatable bonds is 6. The molecule has 1 heterocycles. The maximum Gasteiger partial charge on any atom is 0.407 e. The molecule has 0 saturated heterocycles. The van der Waals surface area contributed by atoms with Crippen LogP contribution in [0.4, 0.5) is 13.2 Å². The van der Waals surface area contributed by atoms with E-state index in [1.165, 1.54) is 17.4 Å². The number of hydrogen-bond donors (Lipinski definition) is 2. The molecule has 1 aromatic heterocycles. The van der Waals surface area contributed by atoms with Crippen LogP contribution in [0.1, 0.15) is 24.6 Å². The molecule has 4 nitrogen and oxygen atoms in total. The predicted octanol–water partition coefficient (Wildman–Crippen LogP) is 2.99. The summed E-state index contributed by atoms with van der Waals surface area (Å²) in [4.78, 5) is 0.594. The van der Waals surface area contributed by atoms with Crippen LogP contribution < -0.4 is 10.0 Å². The van der Waals surface area contributed by atoms with Gasteiger partial charge in [-0.1, -0.05) is 6.92 Å². The maximum absolute atomic E-state index is 12.9. The molecule has 1 aliphatic rings. The lowest BCUT2D eigenvalue weighted by Crippen LogP contribution is -2.47. The van der Waals surface area contributed by atoms with Gasteiger partial charge in [-0.25, -0.2) is 8.42 Å². The minimum absolute atomic E-state index is 0.143. The van der Waals surface area contributed by atoms with Gasteiger partial charge in [-0.05, 0) is 41.4 Å². The summed E-state index contributed by atoms with van der Waals surface area (Å²) in [6.45, 7) is 3.09. The van der Waals surface area contributed by atoms with Crippen molar-refractivity contribution in [3.8, 4) is 0 Å². The molecule has 0 amide bonds. The monoisotopic (exact) mass is 406 g/mol. The van der Waals surface area contributed by atoms with Gasteiger partial charge in [0, 0.05) is 11.4 Å². The van der Waals surface area contributed by atoms with Crippen LogP contribution in [0.3, 0.4) is 0 Å². The Hall–Kier alpha value is -0.160. The lowest BCUT2D eigenvalue weighted by molar-refractivity contribution is -0.160. The molecule has 1 aromatic rings. The second-order valence-electron chi connectivity index (χ2n) is 4.82. The third kappa shape index (κ3) is 3.61. The highest BCUT2D eigenvalue weighted by molar-refractivity contribution is 9.11. The Labute approximate surface area is 133 Å². The summed E-state index contributed by atoms with van der Waals surface area (Å²) < 4.78 is 65.1. The zero-order valence-electron chi connectivity index (χ0n) is 11.1. The van der Waals surface area contributed by atoms with Crippen molar-refractivity contribution < 1.29 is 21.6 Å². The minimum atomic E-state index is -4.57. The molecule has 0 spiro atoms. The summed E-state index contributed by atoms with van der Waals surface area (Å²) in [5, 5.41) is 3.04. The zero-order valence-corrected chi connectivity index (χ0v) is 14.3. The minimum Gasteiger partial charge on any atom is -0.312 e. The van der Waals surface area contributed by atoms with Gasteiger partial charge in [0.1, 0.15) is 10.4 Å². The Morgan fingerprint density at radius 1 is 1.43 bits per heavy atom. The van der Waals surface area contributed by atoms with Gasteiger partial charge < -0.3 is 5.32 Å². The number of nitrogens with one attached hydrogen (secondary N) is 2. The quantitative estimate of drug-likeness (QED) is 0.763. The zero-order chi connectivity index (χ0) is 15.9. The highest BCUT2D eigenvalue weighted by atomic mass is 79.9. The van der Waals surface area contributed by atoms with Crippen LogP contribution in [0.15, 0.2) is 14.7 Å².